The minimum atomic E-state index is -4.37. The van der Waals surface area contributed by atoms with Gasteiger partial charge in [0.05, 0.1) is 5.52 Å². The minimum Gasteiger partial charge on any atom is -0.373 e. The highest BCUT2D eigenvalue weighted by Gasteiger charge is 2.46. The van der Waals surface area contributed by atoms with Gasteiger partial charge in [-0.1, -0.05) is 12.1 Å². The third-order valence-electron chi connectivity index (χ3n) is 2.74. The number of hydrogen-bond acceptors (Lipinski definition) is 3. The van der Waals surface area contributed by atoms with Crippen molar-refractivity contribution in [2.75, 3.05) is 12.4 Å². The number of rotatable bonds is 3. The van der Waals surface area contributed by atoms with Gasteiger partial charge in [-0.15, -0.1) is 0 Å². The van der Waals surface area contributed by atoms with Crippen LogP contribution in [0.15, 0.2) is 18.2 Å². The van der Waals surface area contributed by atoms with Crippen molar-refractivity contribution in [3.05, 3.63) is 29.6 Å². The van der Waals surface area contributed by atoms with Crippen LogP contribution in [0.25, 0.3) is 10.9 Å². The fourth-order valence-corrected chi connectivity index (χ4v) is 1.73. The van der Waals surface area contributed by atoms with E-state index in [0.29, 0.717) is 10.9 Å². The summed E-state index contributed by atoms with van der Waals surface area (Å²) in [5, 5.41) is 3.13. The number of fused-ring (bicyclic) bond motifs is 1. The van der Waals surface area contributed by atoms with E-state index in [9.17, 15) is 17.6 Å². The molecule has 1 N–H and O–H groups in total. The summed E-state index contributed by atoms with van der Waals surface area (Å²) in [6.45, 7) is 1.67. The number of para-hydroxylation sites is 1. The van der Waals surface area contributed by atoms with Crippen LogP contribution in [0.1, 0.15) is 11.4 Å². The van der Waals surface area contributed by atoms with Crippen LogP contribution in [0, 0.1) is 6.92 Å². The summed E-state index contributed by atoms with van der Waals surface area (Å²) in [4.78, 5) is 7.10. The van der Waals surface area contributed by atoms with E-state index in [1.54, 1.807) is 25.1 Å². The lowest BCUT2D eigenvalue weighted by Gasteiger charge is -2.16. The summed E-state index contributed by atoms with van der Waals surface area (Å²) in [5.74, 6) is -5.44. The maximum Gasteiger partial charge on any atom is 0.365 e. The number of aryl methyl sites for hydroxylation is 1. The van der Waals surface area contributed by atoms with Crippen LogP contribution in [-0.2, 0) is 5.92 Å². The van der Waals surface area contributed by atoms with Gasteiger partial charge in [0.15, 0.2) is 0 Å². The summed E-state index contributed by atoms with van der Waals surface area (Å²) in [6.07, 6.45) is -3.85. The molecule has 0 atom stereocenters. The summed E-state index contributed by atoms with van der Waals surface area (Å²) in [6, 6.07) is 5.02. The van der Waals surface area contributed by atoms with Crippen molar-refractivity contribution < 1.29 is 17.6 Å². The Bertz CT molecular complexity index is 613. The van der Waals surface area contributed by atoms with Crippen LogP contribution < -0.4 is 5.32 Å². The largest absolute Gasteiger partial charge is 0.373 e. The molecule has 0 aliphatic carbocycles. The zero-order valence-corrected chi connectivity index (χ0v) is 10.2. The molecule has 2 aromatic rings. The van der Waals surface area contributed by atoms with Gasteiger partial charge in [-0.25, -0.2) is 18.7 Å². The van der Waals surface area contributed by atoms with E-state index in [1.165, 1.54) is 7.05 Å². The van der Waals surface area contributed by atoms with E-state index >= 15 is 0 Å². The SMILES string of the molecule is CNc1nc(C(F)(F)C(F)F)nc2c(C)cccc12. The van der Waals surface area contributed by atoms with Gasteiger partial charge in [0, 0.05) is 12.4 Å². The number of alkyl halides is 4. The molecule has 1 aromatic heterocycles. The van der Waals surface area contributed by atoms with Gasteiger partial charge in [-0.05, 0) is 18.6 Å². The second-order valence-electron chi connectivity index (χ2n) is 4.04. The molecule has 0 bridgehead atoms. The van der Waals surface area contributed by atoms with Crippen molar-refractivity contribution in [1.29, 1.82) is 0 Å². The molecule has 0 aliphatic heterocycles. The van der Waals surface area contributed by atoms with Gasteiger partial charge in [0.1, 0.15) is 5.82 Å². The van der Waals surface area contributed by atoms with Crippen molar-refractivity contribution in [3.63, 3.8) is 0 Å². The maximum absolute atomic E-state index is 13.4. The van der Waals surface area contributed by atoms with E-state index < -0.39 is 18.2 Å². The van der Waals surface area contributed by atoms with Crippen LogP contribution in [0.5, 0.6) is 0 Å². The van der Waals surface area contributed by atoms with E-state index in [-0.39, 0.29) is 11.3 Å². The molecule has 0 spiro atoms. The third-order valence-corrected chi connectivity index (χ3v) is 2.74. The lowest BCUT2D eigenvalue weighted by Crippen LogP contribution is -2.27. The van der Waals surface area contributed by atoms with Crippen LogP contribution in [0.3, 0.4) is 0 Å². The Kier molecular flexibility index (Phi) is 3.30. The fourth-order valence-electron chi connectivity index (χ4n) is 1.73. The first kappa shape index (κ1) is 13.5. The first-order chi connectivity index (χ1) is 8.87. The Morgan fingerprint density at radius 2 is 1.89 bits per heavy atom. The van der Waals surface area contributed by atoms with Gasteiger partial charge in [0.2, 0.25) is 5.82 Å². The molecular weight excluding hydrogens is 262 g/mol. The number of nitrogens with one attached hydrogen (secondary N) is 1. The molecule has 0 aliphatic rings. The van der Waals surface area contributed by atoms with E-state index in [2.05, 4.69) is 15.3 Å². The second kappa shape index (κ2) is 4.64. The molecule has 0 unspecified atom stereocenters. The molecule has 0 saturated carbocycles. The molecule has 7 heteroatoms. The summed E-state index contributed by atoms with van der Waals surface area (Å²) in [7, 11) is 1.48. The Labute approximate surface area is 106 Å². The normalized spacial score (nSPS) is 12.2. The van der Waals surface area contributed by atoms with Crippen molar-refractivity contribution in [3.8, 4) is 0 Å². The number of aromatic nitrogens is 2. The van der Waals surface area contributed by atoms with Crippen LogP contribution in [0.2, 0.25) is 0 Å². The predicted octanol–water partition coefficient (Wildman–Crippen LogP) is 3.34. The number of anilines is 1. The maximum atomic E-state index is 13.4. The van der Waals surface area contributed by atoms with E-state index in [0.717, 1.165) is 0 Å². The lowest BCUT2D eigenvalue weighted by atomic mass is 10.1. The summed E-state index contributed by atoms with van der Waals surface area (Å²) >= 11 is 0. The fraction of sp³-hybridized carbons (Fsp3) is 0.333. The Morgan fingerprint density at radius 3 is 2.47 bits per heavy atom. The van der Waals surface area contributed by atoms with E-state index in [1.807, 2.05) is 0 Å². The first-order valence-electron chi connectivity index (χ1n) is 5.49. The van der Waals surface area contributed by atoms with Gasteiger partial charge >= 0.3 is 12.3 Å². The molecule has 19 heavy (non-hydrogen) atoms. The number of benzene rings is 1. The Hall–Kier alpha value is -1.92. The summed E-state index contributed by atoms with van der Waals surface area (Å²) < 4.78 is 51.5. The molecule has 2 rings (SSSR count). The van der Waals surface area contributed by atoms with Gasteiger partial charge in [-0.3, -0.25) is 0 Å². The van der Waals surface area contributed by atoms with Gasteiger partial charge in [-0.2, -0.15) is 8.78 Å². The number of hydrogen-bond donors (Lipinski definition) is 1. The van der Waals surface area contributed by atoms with Crippen molar-refractivity contribution >= 4 is 16.7 Å². The highest BCUT2D eigenvalue weighted by Crippen LogP contribution is 2.34. The van der Waals surface area contributed by atoms with Crippen molar-refractivity contribution in [2.24, 2.45) is 0 Å². The second-order valence-corrected chi connectivity index (χ2v) is 4.04. The molecule has 0 fully saturated rings. The van der Waals surface area contributed by atoms with Crippen molar-refractivity contribution in [1.82, 2.24) is 9.97 Å². The molecule has 1 aromatic carbocycles. The number of nitrogens with zero attached hydrogens (tertiary/aromatic N) is 2. The van der Waals surface area contributed by atoms with E-state index in [4.69, 9.17) is 0 Å². The smallest absolute Gasteiger partial charge is 0.365 e. The quantitative estimate of drug-likeness (QED) is 0.871. The number of halogens is 4. The topological polar surface area (TPSA) is 37.8 Å². The monoisotopic (exact) mass is 273 g/mol. The molecule has 0 saturated heterocycles. The average Bonchev–Trinajstić information content (AvgIpc) is 2.37. The molecular formula is C12H11F4N3. The summed E-state index contributed by atoms with van der Waals surface area (Å²) in [5.41, 5.74) is 0.847. The van der Waals surface area contributed by atoms with Crippen LogP contribution in [0.4, 0.5) is 23.4 Å². The zero-order chi connectivity index (χ0) is 14.2. The molecule has 3 nitrogen and oxygen atoms in total. The molecule has 1 heterocycles. The molecule has 0 radical (unpaired) electrons. The Balaban J connectivity index is 2.75. The standard InChI is InChI=1S/C12H11F4N3/c1-6-4-3-5-7-8(6)18-11(19-9(7)17-2)12(15,16)10(13)14/h3-5,10H,1-2H3,(H,17,18,19). The van der Waals surface area contributed by atoms with Crippen LogP contribution >= 0.6 is 0 Å². The minimum absolute atomic E-state index is 0.101. The Morgan fingerprint density at radius 1 is 1.21 bits per heavy atom. The van der Waals surface area contributed by atoms with Crippen molar-refractivity contribution in [2.45, 2.75) is 19.3 Å². The first-order valence-corrected chi connectivity index (χ1v) is 5.49. The molecule has 102 valence electrons. The van der Waals surface area contributed by atoms with Gasteiger partial charge < -0.3 is 5.32 Å². The average molecular weight is 273 g/mol. The van der Waals surface area contributed by atoms with Gasteiger partial charge in [0.25, 0.3) is 0 Å². The molecule has 0 amide bonds. The zero-order valence-electron chi connectivity index (χ0n) is 10.2. The van der Waals surface area contributed by atoms with Crippen LogP contribution in [-0.4, -0.2) is 23.4 Å². The third kappa shape index (κ3) is 2.20. The highest BCUT2D eigenvalue weighted by molar-refractivity contribution is 5.91. The highest BCUT2D eigenvalue weighted by atomic mass is 19.3. The predicted molar refractivity (Wildman–Crippen MR) is 63.7 cm³/mol. The lowest BCUT2D eigenvalue weighted by molar-refractivity contribution is -0.140.